The number of rotatable bonds is 5. The molecule has 0 unspecified atom stereocenters. The fourth-order valence-corrected chi connectivity index (χ4v) is 3.80. The van der Waals surface area contributed by atoms with Crippen molar-refractivity contribution in [1.82, 2.24) is 25.6 Å². The Hall–Kier alpha value is -4.32. The Morgan fingerprint density at radius 2 is 1.50 bits per heavy atom. The normalized spacial score (nSPS) is 10.9. The summed E-state index contributed by atoms with van der Waals surface area (Å²) in [6, 6.07) is 28.6. The Balaban J connectivity index is 1.56. The van der Waals surface area contributed by atoms with Crippen molar-refractivity contribution in [3.05, 3.63) is 112 Å². The summed E-state index contributed by atoms with van der Waals surface area (Å²) in [5.41, 5.74) is 7.12. The van der Waals surface area contributed by atoms with E-state index in [1.54, 1.807) is 0 Å². The quantitative estimate of drug-likeness (QED) is 0.429. The molecule has 3 aromatic carbocycles. The summed E-state index contributed by atoms with van der Waals surface area (Å²) in [7, 11) is 0. The van der Waals surface area contributed by atoms with Crippen molar-refractivity contribution in [3.8, 4) is 33.8 Å². The Morgan fingerprint density at radius 3 is 2.19 bits per heavy atom. The number of nitrogens with zero attached hydrogens (tertiary/aromatic N) is 3. The first-order chi connectivity index (χ1) is 15.7. The van der Waals surface area contributed by atoms with Gasteiger partial charge in [0.05, 0.1) is 5.56 Å². The van der Waals surface area contributed by atoms with Crippen molar-refractivity contribution in [2.24, 2.45) is 0 Å². The Labute approximate surface area is 185 Å². The molecule has 6 nitrogen and oxygen atoms in total. The van der Waals surface area contributed by atoms with Crippen molar-refractivity contribution < 1.29 is 0 Å². The fourth-order valence-electron chi connectivity index (χ4n) is 3.80. The second kappa shape index (κ2) is 8.43. The molecule has 5 aromatic rings. The van der Waals surface area contributed by atoms with E-state index in [1.165, 1.54) is 11.1 Å². The van der Waals surface area contributed by atoms with Gasteiger partial charge in [0.25, 0.3) is 5.56 Å². The second-order valence-electron chi connectivity index (χ2n) is 7.76. The van der Waals surface area contributed by atoms with Crippen LogP contribution in [0.25, 0.3) is 33.8 Å². The van der Waals surface area contributed by atoms with Crippen LogP contribution in [0.1, 0.15) is 16.7 Å². The van der Waals surface area contributed by atoms with Gasteiger partial charge < -0.3 is 4.98 Å². The summed E-state index contributed by atoms with van der Waals surface area (Å²) in [4.78, 5) is 16.1. The molecule has 0 radical (unpaired) electrons. The monoisotopic (exact) mass is 419 g/mol. The molecule has 2 N–H and O–H groups in total. The number of benzene rings is 3. The number of hydrogen-bond acceptors (Lipinski definition) is 4. The number of H-pyrrole nitrogens is 2. The Kier molecular flexibility index (Phi) is 5.17. The second-order valence-corrected chi connectivity index (χ2v) is 7.76. The maximum Gasteiger partial charge on any atom is 0.260 e. The highest BCUT2D eigenvalue weighted by atomic mass is 16.1. The third kappa shape index (κ3) is 3.98. The lowest BCUT2D eigenvalue weighted by molar-refractivity contribution is 0.881. The van der Waals surface area contributed by atoms with Crippen LogP contribution in [-0.2, 0) is 6.42 Å². The van der Waals surface area contributed by atoms with Gasteiger partial charge in [-0.2, -0.15) is 5.21 Å². The minimum atomic E-state index is -0.257. The van der Waals surface area contributed by atoms with E-state index >= 15 is 0 Å². The van der Waals surface area contributed by atoms with Crippen molar-refractivity contribution in [3.63, 3.8) is 0 Å². The van der Waals surface area contributed by atoms with E-state index in [9.17, 15) is 4.79 Å². The molecule has 0 aliphatic rings. The molecule has 0 saturated carbocycles. The van der Waals surface area contributed by atoms with Crippen LogP contribution in [0, 0.1) is 6.92 Å². The standard InChI is InChI=1S/C26H21N5O/c1-17-7-11-20(12-8-17)22-16-23(27-26(32)24(22)25-28-30-31-29-25)21-13-9-19(10-14-21)15-18-5-3-2-4-6-18/h2-14,16H,15H2,1H3,(H,27,32)(H,28,29,30,31). The zero-order valence-corrected chi connectivity index (χ0v) is 17.5. The summed E-state index contributed by atoms with van der Waals surface area (Å²) in [6.07, 6.45) is 0.864. The minimum Gasteiger partial charge on any atom is -0.321 e. The smallest absolute Gasteiger partial charge is 0.260 e. The predicted octanol–water partition coefficient (Wildman–Crippen LogP) is 4.79. The number of aryl methyl sites for hydroxylation is 1. The van der Waals surface area contributed by atoms with Crippen LogP contribution in [0.3, 0.4) is 0 Å². The lowest BCUT2D eigenvalue weighted by atomic mass is 9.96. The van der Waals surface area contributed by atoms with E-state index < -0.39 is 0 Å². The van der Waals surface area contributed by atoms with Crippen molar-refractivity contribution in [2.75, 3.05) is 0 Å². The van der Waals surface area contributed by atoms with E-state index in [1.807, 2.05) is 67.6 Å². The van der Waals surface area contributed by atoms with Crippen LogP contribution >= 0.6 is 0 Å². The van der Waals surface area contributed by atoms with Gasteiger partial charge in [-0.25, -0.2) is 0 Å². The third-order valence-corrected chi connectivity index (χ3v) is 5.48. The van der Waals surface area contributed by atoms with Gasteiger partial charge in [-0.15, -0.1) is 10.2 Å². The lowest BCUT2D eigenvalue weighted by Crippen LogP contribution is -2.12. The van der Waals surface area contributed by atoms with E-state index in [0.29, 0.717) is 5.56 Å². The highest BCUT2D eigenvalue weighted by Crippen LogP contribution is 2.30. The predicted molar refractivity (Wildman–Crippen MR) is 125 cm³/mol. The molecule has 32 heavy (non-hydrogen) atoms. The van der Waals surface area contributed by atoms with Crippen LogP contribution < -0.4 is 5.56 Å². The van der Waals surface area contributed by atoms with Gasteiger partial charge in [0.15, 0.2) is 0 Å². The summed E-state index contributed by atoms with van der Waals surface area (Å²) in [6.45, 7) is 2.03. The molecular weight excluding hydrogens is 398 g/mol. The molecule has 0 atom stereocenters. The van der Waals surface area contributed by atoms with Crippen molar-refractivity contribution in [1.29, 1.82) is 0 Å². The molecule has 156 valence electrons. The molecular formula is C26H21N5O. The summed E-state index contributed by atoms with van der Waals surface area (Å²) >= 11 is 0. The maximum atomic E-state index is 13.1. The zero-order chi connectivity index (χ0) is 21.9. The molecule has 0 aliphatic heterocycles. The lowest BCUT2D eigenvalue weighted by Gasteiger charge is -2.11. The van der Waals surface area contributed by atoms with Gasteiger partial charge in [-0.3, -0.25) is 4.79 Å². The van der Waals surface area contributed by atoms with Crippen molar-refractivity contribution in [2.45, 2.75) is 13.3 Å². The average Bonchev–Trinajstić information content (AvgIpc) is 3.35. The van der Waals surface area contributed by atoms with Gasteiger partial charge in [0, 0.05) is 11.3 Å². The minimum absolute atomic E-state index is 0.257. The van der Waals surface area contributed by atoms with Crippen molar-refractivity contribution >= 4 is 0 Å². The summed E-state index contributed by atoms with van der Waals surface area (Å²) in [5.74, 6) is 0.270. The largest absolute Gasteiger partial charge is 0.321 e. The van der Waals surface area contributed by atoms with Gasteiger partial charge in [-0.1, -0.05) is 84.4 Å². The number of aromatic nitrogens is 5. The van der Waals surface area contributed by atoms with Gasteiger partial charge in [0.1, 0.15) is 0 Å². The van der Waals surface area contributed by atoms with E-state index in [-0.39, 0.29) is 11.4 Å². The molecule has 0 saturated heterocycles. The van der Waals surface area contributed by atoms with Crippen LogP contribution in [0.4, 0.5) is 0 Å². The summed E-state index contributed by atoms with van der Waals surface area (Å²) in [5, 5.41) is 14.1. The topological polar surface area (TPSA) is 87.3 Å². The van der Waals surface area contributed by atoms with Gasteiger partial charge in [0.2, 0.25) is 5.82 Å². The first-order valence-corrected chi connectivity index (χ1v) is 10.4. The van der Waals surface area contributed by atoms with Gasteiger partial charge in [-0.05, 0) is 46.9 Å². The number of nitrogens with one attached hydrogen (secondary N) is 2. The Bertz CT molecular complexity index is 1390. The summed E-state index contributed by atoms with van der Waals surface area (Å²) < 4.78 is 0. The molecule has 2 aromatic heterocycles. The fraction of sp³-hybridized carbons (Fsp3) is 0.0769. The van der Waals surface area contributed by atoms with E-state index in [4.69, 9.17) is 0 Å². The maximum absolute atomic E-state index is 13.1. The molecule has 0 amide bonds. The molecule has 6 heteroatoms. The van der Waals surface area contributed by atoms with Crippen LogP contribution in [-0.4, -0.2) is 25.6 Å². The molecule has 0 fully saturated rings. The molecule has 0 spiro atoms. The first kappa shape index (κ1) is 19.6. The number of hydrogen-bond donors (Lipinski definition) is 2. The molecule has 2 heterocycles. The average molecular weight is 419 g/mol. The van der Waals surface area contributed by atoms with Crippen LogP contribution in [0.15, 0.2) is 89.7 Å². The van der Waals surface area contributed by atoms with Crippen LogP contribution in [0.2, 0.25) is 0 Å². The van der Waals surface area contributed by atoms with E-state index in [2.05, 4.69) is 49.9 Å². The number of pyridine rings is 1. The highest BCUT2D eigenvalue weighted by Gasteiger charge is 2.18. The first-order valence-electron chi connectivity index (χ1n) is 10.4. The molecule has 0 aliphatic carbocycles. The third-order valence-electron chi connectivity index (χ3n) is 5.48. The van der Waals surface area contributed by atoms with Crippen LogP contribution in [0.5, 0.6) is 0 Å². The molecule has 5 rings (SSSR count). The number of aromatic amines is 2. The highest BCUT2D eigenvalue weighted by molar-refractivity contribution is 5.83. The Morgan fingerprint density at radius 1 is 0.812 bits per heavy atom. The number of tetrazole rings is 1. The van der Waals surface area contributed by atoms with Gasteiger partial charge >= 0.3 is 0 Å². The molecule has 0 bridgehead atoms. The zero-order valence-electron chi connectivity index (χ0n) is 17.5. The van der Waals surface area contributed by atoms with E-state index in [0.717, 1.165) is 34.4 Å². The SMILES string of the molecule is Cc1ccc(-c2cc(-c3ccc(Cc4ccccc4)cc3)[nH]c(=O)c2-c2nn[nH]n2)cc1.